The number of carbonyl (C=O) groups excluding carboxylic acids is 1. The zero-order valence-corrected chi connectivity index (χ0v) is 17.3. The van der Waals surface area contributed by atoms with E-state index in [1.165, 1.54) is 16.9 Å². The largest absolute Gasteiger partial charge is 0.350 e. The van der Waals surface area contributed by atoms with E-state index in [4.69, 9.17) is 11.6 Å². The lowest BCUT2D eigenvalue weighted by molar-refractivity contribution is -0.121. The number of aromatic nitrogens is 2. The van der Waals surface area contributed by atoms with Crippen molar-refractivity contribution in [1.29, 1.82) is 0 Å². The Bertz CT molecular complexity index is 1070. The monoisotopic (exact) mass is 415 g/mol. The van der Waals surface area contributed by atoms with Crippen LogP contribution in [-0.4, -0.2) is 15.9 Å². The van der Waals surface area contributed by atoms with Gasteiger partial charge in [-0.1, -0.05) is 23.7 Å². The third kappa shape index (κ3) is 3.98. The first-order chi connectivity index (χ1) is 13.5. The molecule has 0 saturated carbocycles. The number of amides is 1. The van der Waals surface area contributed by atoms with E-state index >= 15 is 0 Å². The van der Waals surface area contributed by atoms with Crippen molar-refractivity contribution in [3.05, 3.63) is 61.5 Å². The second kappa shape index (κ2) is 8.05. The third-order valence-electron chi connectivity index (χ3n) is 5.21. The SMILES string of the molecule is CC(NC(=O)CCc1nc2sc3c(c2c(=O)[nH]1)CCCC3)c1ccc(Cl)cc1. The van der Waals surface area contributed by atoms with Crippen molar-refractivity contribution < 1.29 is 4.79 Å². The zero-order chi connectivity index (χ0) is 19.7. The molecule has 3 aromatic rings. The quantitative estimate of drug-likeness (QED) is 0.651. The molecule has 1 aromatic carbocycles. The van der Waals surface area contributed by atoms with E-state index in [-0.39, 0.29) is 23.9 Å². The molecular weight excluding hydrogens is 394 g/mol. The fourth-order valence-corrected chi connectivity index (χ4v) is 5.11. The summed E-state index contributed by atoms with van der Waals surface area (Å²) in [5.74, 6) is 0.501. The molecule has 1 unspecified atom stereocenters. The number of halogens is 1. The lowest BCUT2D eigenvalue weighted by atomic mass is 9.97. The molecule has 5 nitrogen and oxygen atoms in total. The van der Waals surface area contributed by atoms with Gasteiger partial charge in [-0.2, -0.15) is 0 Å². The number of fused-ring (bicyclic) bond motifs is 3. The molecule has 2 aromatic heterocycles. The maximum Gasteiger partial charge on any atom is 0.259 e. The number of carbonyl (C=O) groups is 1. The number of H-pyrrole nitrogens is 1. The maximum atomic E-state index is 12.6. The summed E-state index contributed by atoms with van der Waals surface area (Å²) in [7, 11) is 0. The predicted molar refractivity (Wildman–Crippen MR) is 113 cm³/mol. The van der Waals surface area contributed by atoms with Gasteiger partial charge in [0.15, 0.2) is 0 Å². The van der Waals surface area contributed by atoms with Gasteiger partial charge in [-0.15, -0.1) is 11.3 Å². The minimum Gasteiger partial charge on any atom is -0.350 e. The zero-order valence-electron chi connectivity index (χ0n) is 15.7. The van der Waals surface area contributed by atoms with Gasteiger partial charge in [-0.3, -0.25) is 9.59 Å². The highest BCUT2D eigenvalue weighted by atomic mass is 35.5. The van der Waals surface area contributed by atoms with Gasteiger partial charge in [0.25, 0.3) is 5.56 Å². The minimum atomic E-state index is -0.108. The molecule has 146 valence electrons. The average molecular weight is 416 g/mol. The molecule has 28 heavy (non-hydrogen) atoms. The van der Waals surface area contributed by atoms with Crippen molar-refractivity contribution in [2.75, 3.05) is 0 Å². The van der Waals surface area contributed by atoms with Crippen LogP contribution >= 0.6 is 22.9 Å². The summed E-state index contributed by atoms with van der Waals surface area (Å²) < 4.78 is 0. The summed E-state index contributed by atoms with van der Waals surface area (Å²) in [6, 6.07) is 7.31. The molecular formula is C21H22ClN3O2S. The van der Waals surface area contributed by atoms with Crippen molar-refractivity contribution in [2.45, 2.75) is 51.5 Å². The summed E-state index contributed by atoms with van der Waals surface area (Å²) in [5, 5.41) is 4.40. The number of aryl methyl sites for hydroxylation is 3. The molecule has 0 bridgehead atoms. The number of nitrogens with zero attached hydrogens (tertiary/aromatic N) is 1. The first-order valence-electron chi connectivity index (χ1n) is 9.59. The van der Waals surface area contributed by atoms with Gasteiger partial charge in [-0.25, -0.2) is 4.98 Å². The number of hydrogen-bond acceptors (Lipinski definition) is 4. The molecule has 2 N–H and O–H groups in total. The van der Waals surface area contributed by atoms with Crippen LogP contribution < -0.4 is 10.9 Å². The van der Waals surface area contributed by atoms with Crippen LogP contribution in [0.25, 0.3) is 10.2 Å². The second-order valence-electron chi connectivity index (χ2n) is 7.24. The van der Waals surface area contributed by atoms with Crippen LogP contribution in [0.1, 0.15) is 54.1 Å². The van der Waals surface area contributed by atoms with E-state index < -0.39 is 0 Å². The van der Waals surface area contributed by atoms with E-state index in [1.807, 2.05) is 31.2 Å². The Morgan fingerprint density at radius 1 is 1.29 bits per heavy atom. The summed E-state index contributed by atoms with van der Waals surface area (Å²) in [6.45, 7) is 1.93. The smallest absolute Gasteiger partial charge is 0.259 e. The third-order valence-corrected chi connectivity index (χ3v) is 6.65. The molecule has 1 atom stereocenters. The highest BCUT2D eigenvalue weighted by Gasteiger charge is 2.20. The van der Waals surface area contributed by atoms with Crippen molar-refractivity contribution in [1.82, 2.24) is 15.3 Å². The van der Waals surface area contributed by atoms with E-state index in [0.29, 0.717) is 17.3 Å². The van der Waals surface area contributed by atoms with Gasteiger partial charge >= 0.3 is 0 Å². The molecule has 0 fully saturated rings. The Morgan fingerprint density at radius 2 is 2.04 bits per heavy atom. The Hall–Kier alpha value is -2.18. The van der Waals surface area contributed by atoms with Gasteiger partial charge in [0.2, 0.25) is 5.91 Å². The maximum absolute atomic E-state index is 12.6. The summed E-state index contributed by atoms with van der Waals surface area (Å²) in [4.78, 5) is 34.5. The predicted octanol–water partition coefficient (Wildman–Crippen LogP) is 4.33. The molecule has 7 heteroatoms. The lowest BCUT2D eigenvalue weighted by Gasteiger charge is -2.14. The summed E-state index contributed by atoms with van der Waals surface area (Å²) in [6.07, 6.45) is 4.99. The van der Waals surface area contributed by atoms with E-state index in [9.17, 15) is 9.59 Å². The van der Waals surface area contributed by atoms with Gasteiger partial charge in [-0.05, 0) is 55.9 Å². The highest BCUT2D eigenvalue weighted by molar-refractivity contribution is 7.18. The molecule has 0 radical (unpaired) electrons. The highest BCUT2D eigenvalue weighted by Crippen LogP contribution is 2.33. The van der Waals surface area contributed by atoms with Crippen LogP contribution in [0.5, 0.6) is 0 Å². The van der Waals surface area contributed by atoms with Crippen LogP contribution in [0.15, 0.2) is 29.1 Å². The van der Waals surface area contributed by atoms with Crippen molar-refractivity contribution >= 4 is 39.1 Å². The van der Waals surface area contributed by atoms with E-state index in [0.717, 1.165) is 35.0 Å². The topological polar surface area (TPSA) is 74.8 Å². The van der Waals surface area contributed by atoms with Crippen LogP contribution in [0.2, 0.25) is 5.02 Å². The van der Waals surface area contributed by atoms with Gasteiger partial charge in [0.05, 0.1) is 11.4 Å². The Kier molecular flexibility index (Phi) is 5.51. The molecule has 1 amide bonds. The molecule has 1 aliphatic carbocycles. The second-order valence-corrected chi connectivity index (χ2v) is 8.76. The Balaban J connectivity index is 1.43. The summed E-state index contributed by atoms with van der Waals surface area (Å²) >= 11 is 7.53. The number of hydrogen-bond donors (Lipinski definition) is 2. The first kappa shape index (κ1) is 19.2. The average Bonchev–Trinajstić information content (AvgIpc) is 3.05. The molecule has 0 aliphatic heterocycles. The van der Waals surface area contributed by atoms with Crippen LogP contribution in [0.3, 0.4) is 0 Å². The minimum absolute atomic E-state index is 0.0735. The van der Waals surface area contributed by atoms with E-state index in [1.54, 1.807) is 11.3 Å². The molecule has 4 rings (SSSR count). The van der Waals surface area contributed by atoms with Crippen LogP contribution in [0.4, 0.5) is 0 Å². The van der Waals surface area contributed by atoms with Crippen molar-refractivity contribution in [3.8, 4) is 0 Å². The molecule has 0 saturated heterocycles. The normalized spacial score (nSPS) is 14.6. The first-order valence-corrected chi connectivity index (χ1v) is 10.8. The fourth-order valence-electron chi connectivity index (χ4n) is 3.71. The number of nitrogens with one attached hydrogen (secondary N) is 2. The Labute approximate surface area is 172 Å². The fraction of sp³-hybridized carbons (Fsp3) is 0.381. The number of aromatic amines is 1. The summed E-state index contributed by atoms with van der Waals surface area (Å²) in [5.41, 5.74) is 2.10. The molecule has 1 aliphatic rings. The van der Waals surface area contributed by atoms with Crippen molar-refractivity contribution in [2.24, 2.45) is 0 Å². The number of thiophene rings is 1. The Morgan fingerprint density at radius 3 is 2.82 bits per heavy atom. The van der Waals surface area contributed by atoms with Gasteiger partial charge < -0.3 is 10.3 Å². The number of benzene rings is 1. The number of rotatable bonds is 5. The molecule has 2 heterocycles. The van der Waals surface area contributed by atoms with Crippen LogP contribution in [-0.2, 0) is 24.1 Å². The van der Waals surface area contributed by atoms with Crippen LogP contribution in [0, 0.1) is 0 Å². The molecule has 0 spiro atoms. The van der Waals surface area contributed by atoms with Gasteiger partial charge in [0.1, 0.15) is 10.7 Å². The van der Waals surface area contributed by atoms with Crippen molar-refractivity contribution in [3.63, 3.8) is 0 Å². The standard InChI is InChI=1S/C21H22ClN3O2S/c1-12(13-6-8-14(22)9-7-13)23-18(26)11-10-17-24-20(27)19-15-4-2-3-5-16(15)28-21(19)25-17/h6-9,12H,2-5,10-11H2,1H3,(H,23,26)(H,24,25,27). The van der Waals surface area contributed by atoms with Gasteiger partial charge in [0, 0.05) is 22.7 Å². The lowest BCUT2D eigenvalue weighted by Crippen LogP contribution is -2.27. The van der Waals surface area contributed by atoms with E-state index in [2.05, 4.69) is 15.3 Å².